The summed E-state index contributed by atoms with van der Waals surface area (Å²) in [5.74, 6) is 1.03. The maximum Gasteiger partial charge on any atom is 0.280 e. The fraction of sp³-hybridized carbons (Fsp3) is 0.120. The SMILES string of the molecule is COc1ccc(OCc2ccc(Cl)cc2Cl)c(C=C2C(=O)N(c3ccccc3)N=C2C)c1. The van der Waals surface area contributed by atoms with Gasteiger partial charge in [-0.2, -0.15) is 10.1 Å². The number of benzene rings is 3. The molecule has 0 atom stereocenters. The Labute approximate surface area is 196 Å². The Morgan fingerprint density at radius 3 is 2.53 bits per heavy atom. The molecule has 0 unspecified atom stereocenters. The van der Waals surface area contributed by atoms with E-state index < -0.39 is 0 Å². The zero-order valence-corrected chi connectivity index (χ0v) is 19.0. The molecule has 0 aromatic heterocycles. The van der Waals surface area contributed by atoms with Gasteiger partial charge in [-0.25, -0.2) is 0 Å². The molecule has 0 aliphatic carbocycles. The standard InChI is InChI=1S/C25H20Cl2N2O3/c1-16-22(25(30)29(28-16)20-6-4-3-5-7-20)13-18-12-21(31-2)10-11-24(18)32-15-17-8-9-19(26)14-23(17)27/h3-14H,15H2,1-2H3. The summed E-state index contributed by atoms with van der Waals surface area (Å²) in [5.41, 5.74) is 3.31. The molecule has 4 rings (SSSR count). The summed E-state index contributed by atoms with van der Waals surface area (Å²) in [6.45, 7) is 2.05. The fourth-order valence-corrected chi connectivity index (χ4v) is 3.74. The van der Waals surface area contributed by atoms with E-state index in [9.17, 15) is 4.79 Å². The van der Waals surface area contributed by atoms with Crippen LogP contribution in [0, 0.1) is 0 Å². The second-order valence-electron chi connectivity index (χ2n) is 7.12. The number of halogens is 2. The van der Waals surface area contributed by atoms with Crippen molar-refractivity contribution < 1.29 is 14.3 Å². The number of hydrogen-bond donors (Lipinski definition) is 0. The largest absolute Gasteiger partial charge is 0.497 e. The molecule has 0 fully saturated rings. The molecule has 162 valence electrons. The lowest BCUT2D eigenvalue weighted by atomic mass is 10.1. The van der Waals surface area contributed by atoms with Crippen molar-refractivity contribution in [3.63, 3.8) is 0 Å². The van der Waals surface area contributed by atoms with Crippen LogP contribution in [0.25, 0.3) is 6.08 Å². The molecule has 0 radical (unpaired) electrons. The summed E-state index contributed by atoms with van der Waals surface area (Å²) in [6.07, 6.45) is 1.77. The van der Waals surface area contributed by atoms with E-state index in [1.165, 1.54) is 5.01 Å². The number of ether oxygens (including phenoxy) is 2. The van der Waals surface area contributed by atoms with Crippen molar-refractivity contribution >= 4 is 46.6 Å². The number of rotatable bonds is 6. The van der Waals surface area contributed by atoms with E-state index in [2.05, 4.69) is 5.10 Å². The highest BCUT2D eigenvalue weighted by Crippen LogP contribution is 2.31. The highest BCUT2D eigenvalue weighted by molar-refractivity contribution is 6.35. The van der Waals surface area contributed by atoms with Crippen molar-refractivity contribution in [1.29, 1.82) is 0 Å². The van der Waals surface area contributed by atoms with Crippen LogP contribution in [0.4, 0.5) is 5.69 Å². The molecule has 3 aromatic rings. The monoisotopic (exact) mass is 466 g/mol. The van der Waals surface area contributed by atoms with E-state index >= 15 is 0 Å². The van der Waals surface area contributed by atoms with Gasteiger partial charge in [-0.05, 0) is 55.5 Å². The normalized spacial score (nSPS) is 14.6. The Morgan fingerprint density at radius 2 is 1.81 bits per heavy atom. The quantitative estimate of drug-likeness (QED) is 0.395. The predicted molar refractivity (Wildman–Crippen MR) is 129 cm³/mol. The summed E-state index contributed by atoms with van der Waals surface area (Å²) in [5, 5.41) is 6.92. The molecule has 5 nitrogen and oxygen atoms in total. The maximum atomic E-state index is 13.1. The minimum absolute atomic E-state index is 0.205. The number of carbonyl (C=O) groups is 1. The van der Waals surface area contributed by atoms with E-state index in [4.69, 9.17) is 32.7 Å². The minimum atomic E-state index is -0.205. The van der Waals surface area contributed by atoms with Gasteiger partial charge < -0.3 is 9.47 Å². The van der Waals surface area contributed by atoms with Crippen molar-refractivity contribution in [1.82, 2.24) is 0 Å². The second-order valence-corrected chi connectivity index (χ2v) is 7.97. The molecule has 0 bridgehead atoms. The molecule has 1 aliphatic rings. The van der Waals surface area contributed by atoms with E-state index in [1.807, 2.05) is 42.5 Å². The summed E-state index contributed by atoms with van der Waals surface area (Å²) >= 11 is 12.2. The van der Waals surface area contributed by atoms with Gasteiger partial charge in [0, 0.05) is 21.2 Å². The molecule has 1 heterocycles. The van der Waals surface area contributed by atoms with E-state index in [1.54, 1.807) is 44.4 Å². The van der Waals surface area contributed by atoms with Gasteiger partial charge in [0.05, 0.1) is 24.1 Å². The molecule has 0 saturated heterocycles. The number of carbonyl (C=O) groups excluding carboxylic acids is 1. The third-order valence-corrected chi connectivity index (χ3v) is 5.57. The van der Waals surface area contributed by atoms with Crippen LogP contribution >= 0.6 is 23.2 Å². The number of hydrogen-bond acceptors (Lipinski definition) is 4. The minimum Gasteiger partial charge on any atom is -0.497 e. The summed E-state index contributed by atoms with van der Waals surface area (Å²) in [6, 6.07) is 20.0. The van der Waals surface area contributed by atoms with Gasteiger partial charge >= 0.3 is 0 Å². The summed E-state index contributed by atoms with van der Waals surface area (Å²) < 4.78 is 11.4. The third-order valence-electron chi connectivity index (χ3n) is 4.98. The Bertz CT molecular complexity index is 1220. The number of hydrazone groups is 1. The average molecular weight is 467 g/mol. The molecule has 1 aliphatic heterocycles. The number of nitrogens with zero attached hydrogens (tertiary/aromatic N) is 2. The highest BCUT2D eigenvalue weighted by atomic mass is 35.5. The lowest BCUT2D eigenvalue weighted by Crippen LogP contribution is -2.21. The number of para-hydroxylation sites is 1. The fourth-order valence-electron chi connectivity index (χ4n) is 3.28. The molecule has 0 saturated carbocycles. The van der Waals surface area contributed by atoms with Gasteiger partial charge in [0.1, 0.15) is 18.1 Å². The molecule has 3 aromatic carbocycles. The topological polar surface area (TPSA) is 51.1 Å². The van der Waals surface area contributed by atoms with E-state index in [-0.39, 0.29) is 12.5 Å². The van der Waals surface area contributed by atoms with Gasteiger partial charge in [0.25, 0.3) is 5.91 Å². The molecular formula is C25H20Cl2N2O3. The third kappa shape index (κ3) is 4.64. The first kappa shape index (κ1) is 21.9. The van der Waals surface area contributed by atoms with Crippen LogP contribution in [-0.4, -0.2) is 18.7 Å². The van der Waals surface area contributed by atoms with Gasteiger partial charge in [-0.1, -0.05) is 47.5 Å². The second kappa shape index (κ2) is 9.47. The van der Waals surface area contributed by atoms with E-state index in [0.29, 0.717) is 44.1 Å². The van der Waals surface area contributed by atoms with Crippen molar-refractivity contribution in [2.24, 2.45) is 5.10 Å². The van der Waals surface area contributed by atoms with Gasteiger partial charge in [0.2, 0.25) is 0 Å². The maximum absolute atomic E-state index is 13.1. The number of anilines is 1. The van der Waals surface area contributed by atoms with Crippen LogP contribution in [-0.2, 0) is 11.4 Å². The Morgan fingerprint density at radius 1 is 1.03 bits per heavy atom. The van der Waals surface area contributed by atoms with Crippen molar-refractivity contribution in [3.8, 4) is 11.5 Å². The van der Waals surface area contributed by atoms with Crippen molar-refractivity contribution in [3.05, 3.63) is 93.5 Å². The molecule has 7 heteroatoms. The summed E-state index contributed by atoms with van der Waals surface area (Å²) in [7, 11) is 1.59. The zero-order valence-electron chi connectivity index (χ0n) is 17.5. The average Bonchev–Trinajstić information content (AvgIpc) is 3.08. The first-order valence-electron chi connectivity index (χ1n) is 9.88. The van der Waals surface area contributed by atoms with E-state index in [0.717, 1.165) is 5.56 Å². The van der Waals surface area contributed by atoms with Crippen LogP contribution in [0.3, 0.4) is 0 Å². The number of amides is 1. The molecule has 1 amide bonds. The molecule has 0 spiro atoms. The van der Waals surface area contributed by atoms with Gasteiger partial charge in [-0.3, -0.25) is 4.79 Å². The van der Waals surface area contributed by atoms with Gasteiger partial charge in [0.15, 0.2) is 0 Å². The van der Waals surface area contributed by atoms with Crippen LogP contribution in [0.5, 0.6) is 11.5 Å². The first-order chi connectivity index (χ1) is 15.5. The lowest BCUT2D eigenvalue weighted by molar-refractivity contribution is -0.114. The predicted octanol–water partition coefficient (Wildman–Crippen LogP) is 6.39. The first-order valence-corrected chi connectivity index (χ1v) is 10.6. The van der Waals surface area contributed by atoms with Crippen molar-refractivity contribution in [2.75, 3.05) is 12.1 Å². The molecular weight excluding hydrogens is 447 g/mol. The Balaban J connectivity index is 1.64. The smallest absolute Gasteiger partial charge is 0.280 e. The highest BCUT2D eigenvalue weighted by Gasteiger charge is 2.29. The van der Waals surface area contributed by atoms with Crippen LogP contribution in [0.15, 0.2) is 77.4 Å². The number of methoxy groups -OCH3 is 1. The zero-order chi connectivity index (χ0) is 22.7. The lowest BCUT2D eigenvalue weighted by Gasteiger charge is -2.13. The van der Waals surface area contributed by atoms with Crippen LogP contribution in [0.2, 0.25) is 10.0 Å². The van der Waals surface area contributed by atoms with Crippen LogP contribution < -0.4 is 14.5 Å². The summed E-state index contributed by atoms with van der Waals surface area (Å²) in [4.78, 5) is 13.1. The Hall–Kier alpha value is -3.28. The Kier molecular flexibility index (Phi) is 6.49. The van der Waals surface area contributed by atoms with Crippen molar-refractivity contribution in [2.45, 2.75) is 13.5 Å². The van der Waals surface area contributed by atoms with Crippen LogP contribution in [0.1, 0.15) is 18.1 Å². The van der Waals surface area contributed by atoms with Gasteiger partial charge in [-0.15, -0.1) is 0 Å². The molecule has 32 heavy (non-hydrogen) atoms. The molecule has 0 N–H and O–H groups in total.